The third-order valence-electron chi connectivity index (χ3n) is 6.02. The molecule has 9 nitrogen and oxygen atoms in total. The number of carbonyl (C=O) groups is 2. The normalized spacial score (nSPS) is 14.6. The third kappa shape index (κ3) is 6.72. The van der Waals surface area contributed by atoms with Gasteiger partial charge in [0.25, 0.3) is 0 Å². The van der Waals surface area contributed by atoms with Crippen LogP contribution in [0.4, 0.5) is 5.69 Å². The summed E-state index contributed by atoms with van der Waals surface area (Å²) < 4.78 is 1.74. The zero-order chi connectivity index (χ0) is 23.8. The van der Waals surface area contributed by atoms with Crippen LogP contribution in [0.15, 0.2) is 61.2 Å². The number of anilines is 1. The molecule has 0 radical (unpaired) electrons. The molecule has 0 bridgehead atoms. The summed E-state index contributed by atoms with van der Waals surface area (Å²) in [4.78, 5) is 33.3. The van der Waals surface area contributed by atoms with E-state index in [1.54, 1.807) is 11.0 Å². The number of piperazine rings is 1. The average molecular weight is 462 g/mol. The molecule has 2 N–H and O–H groups in total. The molecule has 9 heteroatoms. The second-order valence-corrected chi connectivity index (χ2v) is 8.45. The molecule has 1 aromatic heterocycles. The summed E-state index contributed by atoms with van der Waals surface area (Å²) in [6.45, 7) is 9.44. The minimum Gasteiger partial charge on any atom is -0.344 e. The van der Waals surface area contributed by atoms with E-state index >= 15 is 0 Å². The monoisotopic (exact) mass is 461 g/mol. The number of nitrogens with one attached hydrogen (secondary N) is 2. The van der Waals surface area contributed by atoms with Gasteiger partial charge in [-0.1, -0.05) is 43.3 Å². The molecule has 1 fully saturated rings. The van der Waals surface area contributed by atoms with Gasteiger partial charge in [0, 0.05) is 45.0 Å². The lowest BCUT2D eigenvalue weighted by Crippen LogP contribution is -2.45. The quantitative estimate of drug-likeness (QED) is 0.496. The number of hydrogen-bond acceptors (Lipinski definition) is 6. The van der Waals surface area contributed by atoms with Crippen molar-refractivity contribution >= 4 is 17.5 Å². The Bertz CT molecular complexity index is 1060. The van der Waals surface area contributed by atoms with Gasteiger partial charge in [0.15, 0.2) is 0 Å². The van der Waals surface area contributed by atoms with Crippen molar-refractivity contribution in [3.05, 3.63) is 77.9 Å². The van der Waals surface area contributed by atoms with Crippen molar-refractivity contribution in [1.82, 2.24) is 29.9 Å². The topological polar surface area (TPSA) is 95.4 Å². The second kappa shape index (κ2) is 11.5. The molecule has 0 aliphatic carbocycles. The predicted octanol–water partition coefficient (Wildman–Crippen LogP) is 1.72. The summed E-state index contributed by atoms with van der Waals surface area (Å²) in [5.41, 5.74) is 3.79. The maximum absolute atomic E-state index is 12.3. The van der Waals surface area contributed by atoms with Crippen LogP contribution in [0.3, 0.4) is 0 Å². The van der Waals surface area contributed by atoms with E-state index < -0.39 is 11.8 Å². The Kier molecular flexibility index (Phi) is 8.00. The van der Waals surface area contributed by atoms with Crippen LogP contribution in [0.25, 0.3) is 0 Å². The average Bonchev–Trinajstić information content (AvgIpc) is 3.38. The molecular formula is C25H31N7O2. The second-order valence-electron chi connectivity index (χ2n) is 8.45. The minimum absolute atomic E-state index is 0.278. The Morgan fingerprint density at radius 3 is 2.09 bits per heavy atom. The molecule has 2 heterocycles. The summed E-state index contributed by atoms with van der Waals surface area (Å²) >= 11 is 0. The molecule has 0 atom stereocenters. The molecule has 178 valence electrons. The zero-order valence-corrected chi connectivity index (χ0v) is 19.5. The highest BCUT2D eigenvalue weighted by molar-refractivity contribution is 6.39. The van der Waals surface area contributed by atoms with Crippen molar-refractivity contribution < 1.29 is 9.59 Å². The number of carbonyl (C=O) groups excluding carboxylic acids is 2. The molecule has 0 spiro atoms. The number of nitrogens with zero attached hydrogens (tertiary/aromatic N) is 5. The van der Waals surface area contributed by atoms with Crippen LogP contribution < -0.4 is 10.6 Å². The molecule has 34 heavy (non-hydrogen) atoms. The van der Waals surface area contributed by atoms with E-state index in [1.807, 2.05) is 48.5 Å². The van der Waals surface area contributed by atoms with Gasteiger partial charge in [-0.25, -0.2) is 9.67 Å². The molecule has 0 saturated carbocycles. The summed E-state index contributed by atoms with van der Waals surface area (Å²) in [5.74, 6) is -1.34. The standard InChI is InChI=1S/C25H31N7O2/c1-2-30-11-13-31(14-12-30)16-21-7-9-23(10-8-21)29-25(34)24(33)27-15-20-3-5-22(6-4-20)17-32-19-26-18-28-32/h3-10,18-19H,2,11-17H2,1H3,(H,27,33)(H,29,34). The van der Waals surface area contributed by atoms with Crippen LogP contribution >= 0.6 is 0 Å². The molecule has 4 rings (SSSR count). The summed E-state index contributed by atoms with van der Waals surface area (Å²) in [7, 11) is 0. The van der Waals surface area contributed by atoms with Gasteiger partial charge >= 0.3 is 11.8 Å². The number of benzene rings is 2. The van der Waals surface area contributed by atoms with Gasteiger partial charge in [-0.15, -0.1) is 0 Å². The van der Waals surface area contributed by atoms with E-state index in [4.69, 9.17) is 0 Å². The number of aromatic nitrogens is 3. The van der Waals surface area contributed by atoms with E-state index in [0.29, 0.717) is 12.2 Å². The fraction of sp³-hybridized carbons (Fsp3) is 0.360. The zero-order valence-electron chi connectivity index (χ0n) is 19.5. The van der Waals surface area contributed by atoms with Crippen molar-refractivity contribution in [3.8, 4) is 0 Å². The number of rotatable bonds is 8. The lowest BCUT2D eigenvalue weighted by molar-refractivity contribution is -0.136. The van der Waals surface area contributed by atoms with Crippen LogP contribution in [0, 0.1) is 0 Å². The smallest absolute Gasteiger partial charge is 0.313 e. The maximum Gasteiger partial charge on any atom is 0.313 e. The summed E-state index contributed by atoms with van der Waals surface area (Å²) in [6.07, 6.45) is 3.16. The van der Waals surface area contributed by atoms with E-state index in [1.165, 1.54) is 11.9 Å². The molecule has 0 unspecified atom stereocenters. The van der Waals surface area contributed by atoms with Crippen molar-refractivity contribution in [2.75, 3.05) is 38.0 Å². The van der Waals surface area contributed by atoms with Gasteiger partial charge in [-0.3, -0.25) is 14.5 Å². The van der Waals surface area contributed by atoms with Gasteiger partial charge in [-0.2, -0.15) is 5.10 Å². The van der Waals surface area contributed by atoms with Crippen molar-refractivity contribution in [1.29, 1.82) is 0 Å². The Hall–Kier alpha value is -3.56. The highest BCUT2D eigenvalue weighted by Gasteiger charge is 2.16. The van der Waals surface area contributed by atoms with Gasteiger partial charge in [0.05, 0.1) is 6.54 Å². The van der Waals surface area contributed by atoms with Gasteiger partial charge in [-0.05, 0) is 35.4 Å². The molecule has 1 aliphatic rings. The highest BCUT2D eigenvalue weighted by Crippen LogP contribution is 2.13. The fourth-order valence-electron chi connectivity index (χ4n) is 3.93. The minimum atomic E-state index is -0.675. The molecule has 3 aromatic rings. The van der Waals surface area contributed by atoms with E-state index in [-0.39, 0.29) is 6.54 Å². The van der Waals surface area contributed by atoms with Crippen molar-refractivity contribution in [3.63, 3.8) is 0 Å². The van der Waals surface area contributed by atoms with Crippen LogP contribution in [0.2, 0.25) is 0 Å². The van der Waals surface area contributed by atoms with Crippen molar-refractivity contribution in [2.45, 2.75) is 26.6 Å². The maximum atomic E-state index is 12.3. The van der Waals surface area contributed by atoms with Crippen molar-refractivity contribution in [2.24, 2.45) is 0 Å². The summed E-state index contributed by atoms with van der Waals surface area (Å²) in [5, 5.41) is 9.42. The van der Waals surface area contributed by atoms with E-state index in [2.05, 4.69) is 37.4 Å². The first kappa shape index (κ1) is 23.6. The lowest BCUT2D eigenvalue weighted by atomic mass is 10.1. The third-order valence-corrected chi connectivity index (χ3v) is 6.02. The Morgan fingerprint density at radius 1 is 0.824 bits per heavy atom. The number of amides is 2. The Labute approximate surface area is 199 Å². The van der Waals surface area contributed by atoms with Gasteiger partial charge < -0.3 is 15.5 Å². The predicted molar refractivity (Wildman–Crippen MR) is 130 cm³/mol. The Morgan fingerprint density at radius 2 is 1.44 bits per heavy atom. The fourth-order valence-corrected chi connectivity index (χ4v) is 3.93. The Balaban J connectivity index is 1.20. The van der Waals surface area contributed by atoms with E-state index in [9.17, 15) is 9.59 Å². The first-order chi connectivity index (χ1) is 16.6. The summed E-state index contributed by atoms with van der Waals surface area (Å²) in [6, 6.07) is 15.5. The molecule has 2 aromatic carbocycles. The highest BCUT2D eigenvalue weighted by atomic mass is 16.2. The number of hydrogen-bond donors (Lipinski definition) is 2. The first-order valence-corrected chi connectivity index (χ1v) is 11.6. The van der Waals surface area contributed by atoms with Gasteiger partial charge in [0.2, 0.25) is 0 Å². The lowest BCUT2D eigenvalue weighted by Gasteiger charge is -2.34. The SMILES string of the molecule is CCN1CCN(Cc2ccc(NC(=O)C(=O)NCc3ccc(Cn4cncn4)cc3)cc2)CC1. The molecule has 2 amide bonds. The number of likely N-dealkylation sites (N-methyl/N-ethyl adjacent to an activating group) is 1. The van der Waals surface area contributed by atoms with Crippen LogP contribution in [0.5, 0.6) is 0 Å². The van der Waals surface area contributed by atoms with Crippen LogP contribution in [-0.4, -0.2) is 69.1 Å². The van der Waals surface area contributed by atoms with Crippen LogP contribution in [0.1, 0.15) is 23.6 Å². The largest absolute Gasteiger partial charge is 0.344 e. The molecular weight excluding hydrogens is 430 g/mol. The first-order valence-electron chi connectivity index (χ1n) is 11.6. The van der Waals surface area contributed by atoms with Crippen LogP contribution in [-0.2, 0) is 29.2 Å². The molecule has 1 saturated heterocycles. The molecule has 1 aliphatic heterocycles. The van der Waals surface area contributed by atoms with Gasteiger partial charge in [0.1, 0.15) is 12.7 Å². The van der Waals surface area contributed by atoms with E-state index in [0.717, 1.165) is 50.4 Å².